The summed E-state index contributed by atoms with van der Waals surface area (Å²) in [6.45, 7) is 4.20. The Morgan fingerprint density at radius 1 is 0.953 bits per heavy atom. The van der Waals surface area contributed by atoms with E-state index in [1.165, 1.54) is 43.3 Å². The van der Waals surface area contributed by atoms with Gasteiger partial charge in [-0.05, 0) is 68.3 Å². The number of hydrogen-bond donors (Lipinski definition) is 1. The van der Waals surface area contributed by atoms with Crippen molar-refractivity contribution in [2.24, 2.45) is 0 Å². The second-order valence-electron chi connectivity index (χ2n) is 9.71. The van der Waals surface area contributed by atoms with Crippen molar-refractivity contribution in [2.45, 2.75) is 50.9 Å². The summed E-state index contributed by atoms with van der Waals surface area (Å²) >= 11 is 18.1. The lowest BCUT2D eigenvalue weighted by Crippen LogP contribution is -2.51. The summed E-state index contributed by atoms with van der Waals surface area (Å²) < 4.78 is 69.6. The maximum atomic E-state index is 13.9. The topological polar surface area (TPSA) is 86.8 Å². The molecule has 0 bridgehead atoms. The van der Waals surface area contributed by atoms with Gasteiger partial charge in [0.05, 0.1) is 21.2 Å². The van der Waals surface area contributed by atoms with Crippen LogP contribution in [-0.2, 0) is 32.3 Å². The largest absolute Gasteiger partial charge is 0.417 e. The Hall–Kier alpha value is -2.99. The Morgan fingerprint density at radius 2 is 1.60 bits per heavy atom. The van der Waals surface area contributed by atoms with Crippen LogP contribution in [0.1, 0.15) is 37.0 Å². The molecular formula is C29H29Cl3F3N3O4S. The number of nitrogens with one attached hydrogen (secondary N) is 1. The molecule has 232 valence electrons. The predicted molar refractivity (Wildman–Crippen MR) is 162 cm³/mol. The number of carbonyl (C=O) groups is 2. The molecule has 3 aromatic carbocycles. The van der Waals surface area contributed by atoms with E-state index < -0.39 is 56.9 Å². The van der Waals surface area contributed by atoms with E-state index in [9.17, 15) is 31.2 Å². The van der Waals surface area contributed by atoms with Gasteiger partial charge in [0.2, 0.25) is 11.8 Å². The van der Waals surface area contributed by atoms with Crippen molar-refractivity contribution >= 4 is 62.3 Å². The van der Waals surface area contributed by atoms with E-state index in [4.69, 9.17) is 34.8 Å². The molecule has 0 unspecified atom stereocenters. The average Bonchev–Trinajstić information content (AvgIpc) is 2.93. The van der Waals surface area contributed by atoms with E-state index in [2.05, 4.69) is 5.32 Å². The zero-order chi connectivity index (χ0) is 32.1. The fraction of sp³-hybridized carbons (Fsp3) is 0.310. The highest BCUT2D eigenvalue weighted by Gasteiger charge is 2.37. The minimum absolute atomic E-state index is 0.197. The lowest BCUT2D eigenvalue weighted by molar-refractivity contribution is -0.139. The van der Waals surface area contributed by atoms with Crippen LogP contribution in [0.3, 0.4) is 0 Å². The molecule has 0 radical (unpaired) electrons. The molecule has 0 heterocycles. The summed E-state index contributed by atoms with van der Waals surface area (Å²) in [5.74, 6) is -1.39. The van der Waals surface area contributed by atoms with Crippen LogP contribution in [-0.4, -0.2) is 44.3 Å². The minimum atomic E-state index is -4.90. The smallest absolute Gasteiger partial charge is 0.354 e. The Labute approximate surface area is 263 Å². The first-order valence-corrected chi connectivity index (χ1v) is 15.6. The molecular weight excluding hydrogens is 650 g/mol. The van der Waals surface area contributed by atoms with Crippen molar-refractivity contribution in [1.29, 1.82) is 0 Å². The van der Waals surface area contributed by atoms with Gasteiger partial charge in [0.1, 0.15) is 12.6 Å². The van der Waals surface area contributed by atoms with Gasteiger partial charge >= 0.3 is 6.18 Å². The lowest BCUT2D eigenvalue weighted by atomic mass is 10.1. The van der Waals surface area contributed by atoms with Gasteiger partial charge in [-0.25, -0.2) is 8.42 Å². The number of hydrogen-bond acceptors (Lipinski definition) is 4. The third-order valence-electron chi connectivity index (χ3n) is 6.50. The molecule has 0 saturated carbocycles. The highest BCUT2D eigenvalue weighted by Crippen LogP contribution is 2.38. The molecule has 0 aliphatic rings. The molecule has 14 heteroatoms. The standard InChI is InChI=1S/C29H29Cl3F3N3O4S/c1-4-13-36-28(40)19(3)37(16-20-7-8-21(30)14-26(20)32)27(39)17-38(43(41,42)23-10-5-18(2)6-11-23)22-9-12-25(31)24(15-22)29(33,34)35/h5-12,14-15,19H,4,13,16-17H2,1-3H3,(H,36,40)/t19-/m1/s1. The van der Waals surface area contributed by atoms with Crippen molar-refractivity contribution in [3.8, 4) is 0 Å². The van der Waals surface area contributed by atoms with Gasteiger partial charge in [-0.1, -0.05) is 65.5 Å². The van der Waals surface area contributed by atoms with Crippen molar-refractivity contribution in [3.05, 3.63) is 92.4 Å². The molecule has 1 atom stereocenters. The second kappa shape index (κ2) is 14.2. The number of carbonyl (C=O) groups excluding carboxylic acids is 2. The predicted octanol–water partition coefficient (Wildman–Crippen LogP) is 7.11. The first-order chi connectivity index (χ1) is 20.1. The van der Waals surface area contributed by atoms with Crippen LogP contribution in [0.2, 0.25) is 15.1 Å². The molecule has 3 aromatic rings. The number of anilines is 1. The van der Waals surface area contributed by atoms with Gasteiger partial charge in [0.25, 0.3) is 10.0 Å². The molecule has 0 aliphatic heterocycles. The Kier molecular flexibility index (Phi) is 11.4. The molecule has 1 N–H and O–H groups in total. The van der Waals surface area contributed by atoms with Crippen LogP contribution in [0.25, 0.3) is 0 Å². The number of nitrogens with zero attached hydrogens (tertiary/aromatic N) is 2. The third kappa shape index (κ3) is 8.56. The molecule has 0 fully saturated rings. The van der Waals surface area contributed by atoms with Crippen molar-refractivity contribution in [1.82, 2.24) is 10.2 Å². The second-order valence-corrected chi connectivity index (χ2v) is 12.8. The van der Waals surface area contributed by atoms with E-state index >= 15 is 0 Å². The van der Waals surface area contributed by atoms with E-state index in [1.54, 1.807) is 13.0 Å². The molecule has 0 aromatic heterocycles. The van der Waals surface area contributed by atoms with E-state index in [1.807, 2.05) is 6.92 Å². The Bertz CT molecular complexity index is 1590. The number of aryl methyl sites for hydroxylation is 1. The number of sulfonamides is 1. The maximum Gasteiger partial charge on any atom is 0.417 e. The maximum absolute atomic E-state index is 13.9. The van der Waals surface area contributed by atoms with Gasteiger partial charge < -0.3 is 10.2 Å². The molecule has 2 amide bonds. The van der Waals surface area contributed by atoms with Crippen molar-refractivity contribution < 1.29 is 31.2 Å². The zero-order valence-corrected chi connectivity index (χ0v) is 26.5. The Morgan fingerprint density at radius 3 is 2.19 bits per heavy atom. The van der Waals surface area contributed by atoms with Gasteiger partial charge in [-0.15, -0.1) is 0 Å². The minimum Gasteiger partial charge on any atom is -0.354 e. The zero-order valence-electron chi connectivity index (χ0n) is 23.4. The molecule has 43 heavy (non-hydrogen) atoms. The third-order valence-corrected chi connectivity index (χ3v) is 9.21. The number of rotatable bonds is 11. The van der Waals surface area contributed by atoms with Crippen LogP contribution >= 0.6 is 34.8 Å². The molecule has 0 spiro atoms. The summed E-state index contributed by atoms with van der Waals surface area (Å²) in [6, 6.07) is 11.6. The van der Waals surface area contributed by atoms with Crippen molar-refractivity contribution in [3.63, 3.8) is 0 Å². The summed E-state index contributed by atoms with van der Waals surface area (Å²) in [4.78, 5) is 27.7. The van der Waals surface area contributed by atoms with Gasteiger partial charge in [0, 0.05) is 23.1 Å². The lowest BCUT2D eigenvalue weighted by Gasteiger charge is -2.32. The fourth-order valence-electron chi connectivity index (χ4n) is 4.06. The number of alkyl halides is 3. The van der Waals surface area contributed by atoms with Crippen LogP contribution in [0.4, 0.5) is 18.9 Å². The first-order valence-electron chi connectivity index (χ1n) is 13.0. The van der Waals surface area contributed by atoms with Crippen molar-refractivity contribution in [2.75, 3.05) is 17.4 Å². The van der Waals surface area contributed by atoms with Gasteiger partial charge in [0.15, 0.2) is 0 Å². The molecule has 0 aliphatic carbocycles. The normalized spacial score (nSPS) is 12.5. The summed E-state index contributed by atoms with van der Waals surface area (Å²) in [6.07, 6.45) is -4.28. The number of benzene rings is 3. The average molecular weight is 679 g/mol. The molecule has 0 saturated heterocycles. The van der Waals surface area contributed by atoms with Crippen LogP contribution in [0.15, 0.2) is 65.6 Å². The monoisotopic (exact) mass is 677 g/mol. The fourth-order valence-corrected chi connectivity index (χ4v) is 6.16. The van der Waals surface area contributed by atoms with E-state index in [0.29, 0.717) is 33.9 Å². The van der Waals surface area contributed by atoms with Crippen LogP contribution < -0.4 is 9.62 Å². The first kappa shape index (κ1) is 34.5. The Balaban J connectivity index is 2.13. The summed E-state index contributed by atoms with van der Waals surface area (Å²) in [5.41, 5.74) is -0.572. The molecule has 3 rings (SSSR count). The van der Waals surface area contributed by atoms with Crippen LogP contribution in [0.5, 0.6) is 0 Å². The van der Waals surface area contributed by atoms with E-state index in [-0.39, 0.29) is 16.5 Å². The summed E-state index contributed by atoms with van der Waals surface area (Å²) in [7, 11) is -4.59. The summed E-state index contributed by atoms with van der Waals surface area (Å²) in [5, 5.41) is 2.58. The number of amides is 2. The molecule has 7 nitrogen and oxygen atoms in total. The van der Waals surface area contributed by atoms with Gasteiger partial charge in [-0.2, -0.15) is 13.2 Å². The van der Waals surface area contributed by atoms with Crippen LogP contribution in [0, 0.1) is 6.92 Å². The van der Waals surface area contributed by atoms with E-state index in [0.717, 1.165) is 22.6 Å². The number of halogens is 6. The highest BCUT2D eigenvalue weighted by molar-refractivity contribution is 7.92. The van der Waals surface area contributed by atoms with Gasteiger partial charge in [-0.3, -0.25) is 13.9 Å². The SMILES string of the molecule is CCCNC(=O)[C@@H](C)N(Cc1ccc(Cl)cc1Cl)C(=O)CN(c1ccc(Cl)c(C(F)(F)F)c1)S(=O)(=O)c1ccc(C)cc1. The highest BCUT2D eigenvalue weighted by atomic mass is 35.5. The quantitative estimate of drug-likeness (QED) is 0.234.